The van der Waals surface area contributed by atoms with Gasteiger partial charge in [0.05, 0.1) is 0 Å². The second-order valence-corrected chi connectivity index (χ2v) is 4.20. The van der Waals surface area contributed by atoms with Crippen LogP contribution >= 0.6 is 11.8 Å². The predicted octanol–water partition coefficient (Wildman–Crippen LogP) is 3.59. The number of hydrogen-bond acceptors (Lipinski definition) is 2. The van der Waals surface area contributed by atoms with Crippen LogP contribution in [0.2, 0.25) is 0 Å². The Morgan fingerprint density at radius 1 is 1.13 bits per heavy atom. The van der Waals surface area contributed by atoms with Gasteiger partial charge in [-0.15, -0.1) is 11.8 Å². The van der Waals surface area contributed by atoms with Crippen LogP contribution in [0.1, 0.15) is 5.56 Å². The molecule has 0 amide bonds. The van der Waals surface area contributed by atoms with E-state index in [9.17, 15) is 0 Å². The lowest BCUT2D eigenvalue weighted by Gasteiger charge is -2.00. The van der Waals surface area contributed by atoms with Gasteiger partial charge in [0.25, 0.3) is 0 Å². The summed E-state index contributed by atoms with van der Waals surface area (Å²) in [6, 6.07) is 7.18. The minimum absolute atomic E-state index is 0.306. The Kier molecular flexibility index (Phi) is 3.30. The van der Waals surface area contributed by atoms with Crippen molar-refractivity contribution in [1.29, 1.82) is 0 Å². The number of thioether (sulfide) groups is 1. The molecule has 76 valence electrons. The molecule has 0 aromatic heterocycles. The molecule has 1 N–H and O–H groups in total. The van der Waals surface area contributed by atoms with Crippen molar-refractivity contribution in [3.63, 3.8) is 0 Å². The summed E-state index contributed by atoms with van der Waals surface area (Å²) < 4.78 is 0. The van der Waals surface area contributed by atoms with Gasteiger partial charge in [-0.05, 0) is 34.8 Å². The SMILES string of the molecule is Oc1ccc(/C=C/C2=CCSC=C2)cc1. The van der Waals surface area contributed by atoms with E-state index in [0.29, 0.717) is 5.75 Å². The van der Waals surface area contributed by atoms with Gasteiger partial charge >= 0.3 is 0 Å². The lowest BCUT2D eigenvalue weighted by molar-refractivity contribution is 0.475. The molecule has 0 fully saturated rings. The molecule has 1 aromatic rings. The molecular formula is C13H12OS. The fourth-order valence-corrected chi connectivity index (χ4v) is 1.95. The molecule has 0 saturated carbocycles. The summed E-state index contributed by atoms with van der Waals surface area (Å²) in [5.41, 5.74) is 2.34. The third-order valence-electron chi connectivity index (χ3n) is 2.13. The van der Waals surface area contributed by atoms with E-state index in [-0.39, 0.29) is 0 Å². The highest BCUT2D eigenvalue weighted by Crippen LogP contribution is 2.16. The number of benzene rings is 1. The van der Waals surface area contributed by atoms with Gasteiger partial charge in [-0.2, -0.15) is 0 Å². The molecule has 0 unspecified atom stereocenters. The van der Waals surface area contributed by atoms with E-state index in [1.54, 1.807) is 23.9 Å². The Labute approximate surface area is 93.8 Å². The van der Waals surface area contributed by atoms with Crippen LogP contribution in [-0.2, 0) is 0 Å². The normalized spacial score (nSPS) is 15.6. The number of hydrogen-bond donors (Lipinski definition) is 1. The summed E-state index contributed by atoms with van der Waals surface area (Å²) >= 11 is 1.80. The van der Waals surface area contributed by atoms with Crippen LogP contribution in [0.3, 0.4) is 0 Å². The average molecular weight is 216 g/mol. The first kappa shape index (κ1) is 10.1. The van der Waals surface area contributed by atoms with Crippen molar-refractivity contribution in [2.24, 2.45) is 0 Å². The largest absolute Gasteiger partial charge is 0.508 e. The first-order chi connectivity index (χ1) is 7.34. The highest BCUT2D eigenvalue weighted by Gasteiger charge is 1.93. The van der Waals surface area contributed by atoms with Gasteiger partial charge in [0.2, 0.25) is 0 Å². The molecule has 0 saturated heterocycles. The van der Waals surface area contributed by atoms with Crippen molar-refractivity contribution in [2.45, 2.75) is 0 Å². The van der Waals surface area contributed by atoms with Crippen LogP contribution in [0, 0.1) is 0 Å². The summed E-state index contributed by atoms with van der Waals surface area (Å²) in [6.07, 6.45) is 8.43. The second kappa shape index (κ2) is 4.89. The van der Waals surface area contributed by atoms with Crippen LogP contribution in [0.5, 0.6) is 5.75 Å². The van der Waals surface area contributed by atoms with Crippen molar-refractivity contribution in [3.05, 3.63) is 59.0 Å². The van der Waals surface area contributed by atoms with Gasteiger partial charge in [-0.3, -0.25) is 0 Å². The summed E-state index contributed by atoms with van der Waals surface area (Å²) in [5, 5.41) is 11.2. The molecule has 0 bridgehead atoms. The van der Waals surface area contributed by atoms with Crippen LogP contribution in [-0.4, -0.2) is 10.9 Å². The molecule has 0 atom stereocenters. The predicted molar refractivity (Wildman–Crippen MR) is 66.8 cm³/mol. The maximum Gasteiger partial charge on any atom is 0.115 e. The topological polar surface area (TPSA) is 20.2 Å². The highest BCUT2D eigenvalue weighted by molar-refractivity contribution is 8.02. The van der Waals surface area contributed by atoms with Crippen molar-refractivity contribution in [2.75, 3.05) is 5.75 Å². The summed E-state index contributed by atoms with van der Waals surface area (Å²) in [4.78, 5) is 0. The summed E-state index contributed by atoms with van der Waals surface area (Å²) in [6.45, 7) is 0. The van der Waals surface area contributed by atoms with E-state index in [1.807, 2.05) is 18.2 Å². The monoisotopic (exact) mass is 216 g/mol. The van der Waals surface area contributed by atoms with E-state index >= 15 is 0 Å². The van der Waals surface area contributed by atoms with Gasteiger partial charge in [0, 0.05) is 5.75 Å². The molecule has 1 nitrogen and oxygen atoms in total. The van der Waals surface area contributed by atoms with Gasteiger partial charge < -0.3 is 5.11 Å². The quantitative estimate of drug-likeness (QED) is 0.815. The number of allylic oxidation sites excluding steroid dienone is 3. The number of phenolic OH excluding ortho intramolecular Hbond substituents is 1. The molecule has 15 heavy (non-hydrogen) atoms. The van der Waals surface area contributed by atoms with E-state index in [4.69, 9.17) is 5.11 Å². The summed E-state index contributed by atoms with van der Waals surface area (Å²) in [5.74, 6) is 1.35. The van der Waals surface area contributed by atoms with Crippen LogP contribution in [0.4, 0.5) is 0 Å². The van der Waals surface area contributed by atoms with Crippen molar-refractivity contribution < 1.29 is 5.11 Å². The van der Waals surface area contributed by atoms with E-state index < -0.39 is 0 Å². The molecule has 2 heteroatoms. The minimum atomic E-state index is 0.306. The van der Waals surface area contributed by atoms with Crippen molar-refractivity contribution >= 4 is 17.8 Å². The molecule has 1 aromatic carbocycles. The molecule has 1 aliphatic rings. The highest BCUT2D eigenvalue weighted by atomic mass is 32.2. The van der Waals surface area contributed by atoms with Gasteiger partial charge in [-0.25, -0.2) is 0 Å². The Morgan fingerprint density at radius 3 is 2.60 bits per heavy atom. The van der Waals surface area contributed by atoms with Crippen LogP contribution in [0.15, 0.2) is 53.5 Å². The first-order valence-corrected chi connectivity index (χ1v) is 5.85. The zero-order valence-corrected chi connectivity index (χ0v) is 9.08. The number of rotatable bonds is 2. The Balaban J connectivity index is 2.08. The van der Waals surface area contributed by atoms with Gasteiger partial charge in [-0.1, -0.05) is 30.4 Å². The molecule has 0 radical (unpaired) electrons. The number of aromatic hydroxyl groups is 1. The minimum Gasteiger partial charge on any atom is -0.508 e. The Bertz CT molecular complexity index is 413. The average Bonchev–Trinajstić information content (AvgIpc) is 2.30. The summed E-state index contributed by atoms with van der Waals surface area (Å²) in [7, 11) is 0. The first-order valence-electron chi connectivity index (χ1n) is 4.80. The molecule has 0 spiro atoms. The second-order valence-electron chi connectivity index (χ2n) is 3.27. The zero-order chi connectivity index (χ0) is 10.5. The third kappa shape index (κ3) is 3.03. The smallest absolute Gasteiger partial charge is 0.115 e. The molecule has 1 aliphatic heterocycles. The van der Waals surface area contributed by atoms with Gasteiger partial charge in [0.15, 0.2) is 0 Å². The maximum absolute atomic E-state index is 9.12. The Hall–Kier alpha value is -1.41. The molecule has 2 rings (SSSR count). The zero-order valence-electron chi connectivity index (χ0n) is 8.26. The standard InChI is InChI=1S/C13H12OS/c14-13-5-3-11(4-6-13)1-2-12-7-9-15-10-8-12/h1-9,14H,10H2/b2-1+. The van der Waals surface area contributed by atoms with Gasteiger partial charge in [0.1, 0.15) is 5.75 Å². The van der Waals surface area contributed by atoms with Crippen molar-refractivity contribution in [1.82, 2.24) is 0 Å². The fourth-order valence-electron chi connectivity index (χ4n) is 1.30. The van der Waals surface area contributed by atoms with E-state index in [1.165, 1.54) is 5.57 Å². The Morgan fingerprint density at radius 2 is 1.93 bits per heavy atom. The molecule has 1 heterocycles. The van der Waals surface area contributed by atoms with E-state index in [2.05, 4.69) is 23.6 Å². The maximum atomic E-state index is 9.12. The fraction of sp³-hybridized carbons (Fsp3) is 0.0769. The van der Waals surface area contributed by atoms with Crippen molar-refractivity contribution in [3.8, 4) is 5.75 Å². The van der Waals surface area contributed by atoms with Crippen LogP contribution in [0.25, 0.3) is 6.08 Å². The van der Waals surface area contributed by atoms with E-state index in [0.717, 1.165) is 11.3 Å². The molecular weight excluding hydrogens is 204 g/mol. The molecule has 0 aliphatic carbocycles. The number of phenols is 1. The lowest BCUT2D eigenvalue weighted by Crippen LogP contribution is -1.80. The van der Waals surface area contributed by atoms with Crippen LogP contribution < -0.4 is 0 Å². The lowest BCUT2D eigenvalue weighted by atomic mass is 10.1. The third-order valence-corrected chi connectivity index (χ3v) is 2.82.